The van der Waals surface area contributed by atoms with Crippen molar-refractivity contribution in [3.05, 3.63) is 112 Å². The molecule has 342 valence electrons. The van der Waals surface area contributed by atoms with Crippen LogP contribution < -0.4 is 68.6 Å². The van der Waals surface area contributed by atoms with E-state index in [1.807, 2.05) is 45.9 Å². The molecule has 0 N–H and O–H groups in total. The van der Waals surface area contributed by atoms with Gasteiger partial charge in [-0.15, -0.1) is 5.06 Å². The van der Waals surface area contributed by atoms with E-state index in [1.54, 1.807) is 52.1 Å². The molecule has 1 aromatic heterocycles. The molecule has 1 saturated heterocycles. The first-order chi connectivity index (χ1) is 29.7. The van der Waals surface area contributed by atoms with E-state index in [2.05, 4.69) is 0 Å². The van der Waals surface area contributed by atoms with Crippen molar-refractivity contribution in [3.63, 3.8) is 0 Å². The molecule has 0 bridgehead atoms. The van der Waals surface area contributed by atoms with Crippen molar-refractivity contribution in [2.24, 2.45) is 4.99 Å². The van der Waals surface area contributed by atoms with Gasteiger partial charge in [-0.25, -0.2) is 34.6 Å². The van der Waals surface area contributed by atoms with Crippen LogP contribution in [0.2, 0.25) is 5.02 Å². The topological polar surface area (TPSA) is 255 Å². The van der Waals surface area contributed by atoms with Crippen molar-refractivity contribution in [1.82, 2.24) is 5.06 Å². The van der Waals surface area contributed by atoms with Crippen molar-refractivity contribution in [1.29, 1.82) is 0 Å². The van der Waals surface area contributed by atoms with E-state index in [0.29, 0.717) is 55.3 Å². The molecule has 0 saturated carbocycles. The number of carbonyl (C=O) groups excluding carboxylic acids is 3. The number of carbonyl (C=O) groups is 3. The zero-order valence-electron chi connectivity index (χ0n) is 37.3. The van der Waals surface area contributed by atoms with E-state index in [9.17, 15) is 53.3 Å². The van der Waals surface area contributed by atoms with Crippen LogP contribution in [0.4, 0.5) is 11.5 Å². The summed E-state index contributed by atoms with van der Waals surface area (Å²) in [6, 6.07) is 12.9. The van der Waals surface area contributed by atoms with Gasteiger partial charge in [-0.3, -0.25) is 9.59 Å². The number of hydrogen-bond acceptors (Lipinski definition) is 15. The molecular formula is C43H45ClN4Na2O13S3. The Kier molecular flexibility index (Phi) is 18.2. The average molecular weight is 1000 g/mol. The number of hydroxylamine groups is 2. The van der Waals surface area contributed by atoms with Gasteiger partial charge in [0.1, 0.15) is 16.3 Å². The molecule has 3 aliphatic rings. The summed E-state index contributed by atoms with van der Waals surface area (Å²) in [6.45, 7) is 7.72. The van der Waals surface area contributed by atoms with Gasteiger partial charge in [0, 0.05) is 47.7 Å². The van der Waals surface area contributed by atoms with Crippen molar-refractivity contribution >= 4 is 82.5 Å². The summed E-state index contributed by atoms with van der Waals surface area (Å²) in [7, 11) is -13.9. The molecule has 3 aliphatic heterocycles. The van der Waals surface area contributed by atoms with Gasteiger partial charge in [-0.2, -0.15) is 0 Å². The van der Waals surface area contributed by atoms with Gasteiger partial charge in [0.2, 0.25) is 0 Å². The minimum Gasteiger partial charge on any atom is -0.748 e. The number of halogens is 1. The van der Waals surface area contributed by atoms with Crippen LogP contribution >= 0.6 is 11.6 Å². The van der Waals surface area contributed by atoms with E-state index in [1.165, 1.54) is 18.2 Å². The number of aryl methyl sites for hydroxylation is 2. The van der Waals surface area contributed by atoms with Crippen LogP contribution in [-0.4, -0.2) is 85.5 Å². The van der Waals surface area contributed by atoms with Crippen LogP contribution in [-0.2, 0) is 73.4 Å². The number of allylic oxidation sites excluding steroid dienone is 6. The predicted molar refractivity (Wildman–Crippen MR) is 232 cm³/mol. The van der Waals surface area contributed by atoms with E-state index in [-0.39, 0.29) is 111 Å². The first-order valence-electron chi connectivity index (χ1n) is 20.1. The Morgan fingerprint density at radius 1 is 0.879 bits per heavy atom. The smallest absolute Gasteiger partial charge is 0.748 e. The summed E-state index contributed by atoms with van der Waals surface area (Å²) >= 11 is 6.51. The van der Waals surface area contributed by atoms with E-state index < -0.39 is 75.4 Å². The second kappa shape index (κ2) is 21.7. The summed E-state index contributed by atoms with van der Waals surface area (Å²) in [6.07, 6.45) is 8.68. The minimum absolute atomic E-state index is 0. The van der Waals surface area contributed by atoms with Crippen LogP contribution in [0.3, 0.4) is 0 Å². The first-order valence-corrected chi connectivity index (χ1v) is 25.0. The van der Waals surface area contributed by atoms with Gasteiger partial charge in [0.25, 0.3) is 11.8 Å². The third-order valence-electron chi connectivity index (χ3n) is 11.3. The zero-order chi connectivity index (χ0) is 47.0. The van der Waals surface area contributed by atoms with Gasteiger partial charge in [-0.1, -0.05) is 61.9 Å². The Bertz CT molecular complexity index is 2880. The third-order valence-corrected chi connectivity index (χ3v) is 13.9. The van der Waals surface area contributed by atoms with Gasteiger partial charge in [-0.05, 0) is 96.8 Å². The van der Waals surface area contributed by atoms with E-state index in [0.717, 1.165) is 5.56 Å². The number of pyridine rings is 1. The molecule has 17 nitrogen and oxygen atoms in total. The van der Waals surface area contributed by atoms with E-state index >= 15 is 0 Å². The standard InChI is InChI=1S/C43H47ClN4O13S3.2Na/c1-42(2)34-25-31(44)27-46(20-6-22-62(52,53)54)41(34)45-36(42)15-11-29(30-9-5-8-28(24-30)10-19-40(51)61-48-38(49)17-18-39(48)50)12-16-37-43(3,4)33-26-32(64(58,59)60)13-14-35(33)47(37)21-7-23-63(55,56)57;;/h5,8-9,11-16,24-27H,6-7,10,17-23H2,1-4H3,(H2-,52,53,54,55,56,57,58,59,60);;/q;2*+1/p-2. The van der Waals surface area contributed by atoms with Crippen molar-refractivity contribution in [2.75, 3.05) is 23.0 Å². The Morgan fingerprint density at radius 2 is 1.53 bits per heavy atom. The molecule has 0 radical (unpaired) electrons. The number of benzene rings is 2. The molecule has 3 aromatic rings. The maximum atomic E-state index is 12.7. The second-order valence-electron chi connectivity index (χ2n) is 16.6. The van der Waals surface area contributed by atoms with Crippen LogP contribution in [0, 0.1) is 0 Å². The zero-order valence-corrected chi connectivity index (χ0v) is 44.5. The Labute approximate surface area is 433 Å². The summed E-state index contributed by atoms with van der Waals surface area (Å²) < 4.78 is 107. The predicted octanol–water partition coefficient (Wildman–Crippen LogP) is -1.36. The van der Waals surface area contributed by atoms with Crippen LogP contribution in [0.1, 0.15) is 82.1 Å². The molecule has 0 spiro atoms. The monoisotopic (exact) mass is 1000 g/mol. The molecular weight excluding hydrogens is 958 g/mol. The van der Waals surface area contributed by atoms with Crippen molar-refractivity contribution < 1.29 is 122 Å². The number of aliphatic imine (C=N–C) groups is 1. The van der Waals surface area contributed by atoms with Crippen LogP contribution in [0.25, 0.3) is 5.57 Å². The number of aromatic nitrogens is 1. The normalized spacial score (nSPS) is 17.4. The molecule has 0 unspecified atom stereocenters. The number of amides is 2. The number of fused-ring (bicyclic) bond motifs is 2. The minimum atomic E-state index is -4.84. The summed E-state index contributed by atoms with van der Waals surface area (Å²) in [5.74, 6) is -2.67. The molecule has 0 aliphatic carbocycles. The number of imide groups is 1. The quantitative estimate of drug-likeness (QED) is 0.0498. The summed E-state index contributed by atoms with van der Waals surface area (Å²) in [5, 5.41) is 0.864. The summed E-state index contributed by atoms with van der Waals surface area (Å²) in [4.78, 5) is 48.0. The number of hydrogen-bond donors (Lipinski definition) is 0. The van der Waals surface area contributed by atoms with Crippen molar-refractivity contribution in [2.45, 2.75) is 88.5 Å². The fourth-order valence-corrected chi connectivity index (χ4v) is 9.59. The summed E-state index contributed by atoms with van der Waals surface area (Å²) in [5.41, 5.74) is 3.22. The third kappa shape index (κ3) is 13.4. The molecule has 1 fully saturated rings. The van der Waals surface area contributed by atoms with Crippen molar-refractivity contribution in [3.8, 4) is 0 Å². The van der Waals surface area contributed by atoms with Crippen LogP contribution in [0.15, 0.2) is 94.6 Å². The van der Waals surface area contributed by atoms with Gasteiger partial charge >= 0.3 is 70.9 Å². The maximum Gasteiger partial charge on any atom is 1.00 e. The Hall–Kier alpha value is -3.09. The number of rotatable bonds is 17. The maximum absolute atomic E-state index is 12.7. The fourth-order valence-electron chi connectivity index (χ4n) is 7.90. The number of anilines is 1. The van der Waals surface area contributed by atoms with E-state index in [4.69, 9.17) is 21.4 Å². The second-order valence-corrected chi connectivity index (χ2v) is 21.5. The molecule has 66 heavy (non-hydrogen) atoms. The van der Waals surface area contributed by atoms with Gasteiger partial charge < -0.3 is 23.4 Å². The van der Waals surface area contributed by atoms with Gasteiger partial charge in [0.15, 0.2) is 5.71 Å². The largest absolute Gasteiger partial charge is 1.00 e. The fraction of sp³-hybridized carbons (Fsp3) is 0.372. The molecule has 4 heterocycles. The number of nitrogens with zero attached hydrogens (tertiary/aromatic N) is 4. The van der Waals surface area contributed by atoms with Crippen LogP contribution in [0.5, 0.6) is 0 Å². The Balaban J connectivity index is 0.00000476. The SMILES string of the molecule is CC1(C)C(/C=C/C(=C/C=C2/N(CCCS(=O)(=O)[O-])c3ccc(S(=O)(=O)[O-])cc3C2(C)C)c2cccc(CCC(=O)ON3C(=O)CCC3=O)c2)=Nc2c1cc(Cl)c[n+]2CCCS(=O)(=O)[O-].[Na+].[Na+]. The molecule has 2 aromatic carbocycles. The average Bonchev–Trinajstić information content (AvgIpc) is 3.72. The molecule has 2 amide bonds. The Morgan fingerprint density at radius 3 is 2.17 bits per heavy atom. The molecule has 0 atom stereocenters. The first kappa shape index (κ1) is 55.5. The molecule has 23 heteroatoms. The van der Waals surface area contributed by atoms with Gasteiger partial charge in [0.05, 0.1) is 54.1 Å². The molecule has 6 rings (SSSR count).